The summed E-state index contributed by atoms with van der Waals surface area (Å²) < 4.78 is 5.39. The van der Waals surface area contributed by atoms with Crippen molar-refractivity contribution in [2.24, 2.45) is 0 Å². The van der Waals surface area contributed by atoms with E-state index in [4.69, 9.17) is 16.3 Å². The fourth-order valence-electron chi connectivity index (χ4n) is 1.18. The molecule has 0 unspecified atom stereocenters. The number of halogens is 1. The molecule has 0 aromatic heterocycles. The maximum atomic E-state index is 10.7. The largest absolute Gasteiger partial charge is 0.370 e. The molecule has 0 saturated carbocycles. The summed E-state index contributed by atoms with van der Waals surface area (Å²) in [6.07, 6.45) is 2.68. The van der Waals surface area contributed by atoms with Gasteiger partial charge < -0.3 is 4.74 Å². The van der Waals surface area contributed by atoms with Crippen LogP contribution in [0.4, 0.5) is 0 Å². The van der Waals surface area contributed by atoms with Gasteiger partial charge in [0, 0.05) is 5.57 Å². The molecule has 62 valence electrons. The van der Waals surface area contributed by atoms with Gasteiger partial charge in [0.05, 0.1) is 12.2 Å². The second-order valence-corrected chi connectivity index (χ2v) is 3.10. The summed E-state index contributed by atoms with van der Waals surface area (Å²) in [5.74, 6) is 0. The van der Waals surface area contributed by atoms with Crippen LogP contribution in [0.25, 0.3) is 0 Å². The minimum absolute atomic E-state index is 0.149. The second-order valence-electron chi connectivity index (χ2n) is 2.76. The third kappa shape index (κ3) is 2.04. The molecule has 0 fully saturated rings. The Balaban J connectivity index is 2.72. The van der Waals surface area contributed by atoms with Crippen LogP contribution < -0.4 is 0 Å². The zero-order chi connectivity index (χ0) is 8.43. The van der Waals surface area contributed by atoms with Gasteiger partial charge in [-0.3, -0.25) is 4.79 Å². The van der Waals surface area contributed by atoms with E-state index in [1.807, 2.05) is 19.9 Å². The van der Waals surface area contributed by atoms with Gasteiger partial charge in [0.15, 0.2) is 0 Å². The van der Waals surface area contributed by atoms with E-state index in [-0.39, 0.29) is 12.2 Å². The maximum absolute atomic E-state index is 10.7. The highest BCUT2D eigenvalue weighted by atomic mass is 35.5. The Kier molecular flexibility index (Phi) is 2.68. The van der Waals surface area contributed by atoms with Gasteiger partial charge in [0.1, 0.15) is 0 Å². The summed E-state index contributed by atoms with van der Waals surface area (Å²) >= 11 is 5.31. The van der Waals surface area contributed by atoms with E-state index in [0.717, 1.165) is 6.42 Å². The summed E-state index contributed by atoms with van der Waals surface area (Å²) in [4.78, 5) is 10.7. The first-order valence-corrected chi connectivity index (χ1v) is 4.04. The Labute approximate surface area is 71.2 Å². The molecule has 1 heterocycles. The Morgan fingerprint density at radius 2 is 2.36 bits per heavy atom. The minimum atomic E-state index is -0.399. The van der Waals surface area contributed by atoms with Gasteiger partial charge in [-0.25, -0.2) is 0 Å². The average molecular weight is 175 g/mol. The fraction of sp³-hybridized carbons (Fsp3) is 0.625. The van der Waals surface area contributed by atoms with Gasteiger partial charge in [-0.05, 0) is 31.9 Å². The van der Waals surface area contributed by atoms with E-state index >= 15 is 0 Å². The highest BCUT2D eigenvalue weighted by Gasteiger charge is 2.21. The summed E-state index contributed by atoms with van der Waals surface area (Å²) in [5, 5.41) is -0.399. The van der Waals surface area contributed by atoms with Crippen molar-refractivity contribution < 1.29 is 9.53 Å². The number of hydrogen-bond donors (Lipinski definition) is 0. The molecule has 1 aliphatic heterocycles. The first-order chi connectivity index (χ1) is 5.11. The van der Waals surface area contributed by atoms with Crippen LogP contribution in [-0.4, -0.2) is 17.5 Å². The van der Waals surface area contributed by atoms with Crippen LogP contribution in [0, 0.1) is 0 Å². The lowest BCUT2D eigenvalue weighted by molar-refractivity contribution is -0.110. The van der Waals surface area contributed by atoms with Gasteiger partial charge in [-0.2, -0.15) is 0 Å². The second kappa shape index (κ2) is 3.37. The molecule has 3 heteroatoms. The number of ether oxygens (including phenoxy) is 1. The monoisotopic (exact) mass is 174 g/mol. The zero-order valence-corrected chi connectivity index (χ0v) is 7.39. The first-order valence-electron chi connectivity index (χ1n) is 3.66. The van der Waals surface area contributed by atoms with Crippen molar-refractivity contribution in [1.82, 2.24) is 0 Å². The predicted octanol–water partition coefficient (Wildman–Crippen LogP) is 1.88. The lowest BCUT2D eigenvalue weighted by Gasteiger charge is -2.23. The zero-order valence-electron chi connectivity index (χ0n) is 6.63. The molecule has 0 aromatic rings. The molecular formula is C8H11ClO2. The Morgan fingerprint density at radius 3 is 2.82 bits per heavy atom. The summed E-state index contributed by atoms with van der Waals surface area (Å²) in [6.45, 7) is 3.81. The van der Waals surface area contributed by atoms with Gasteiger partial charge >= 0.3 is 0 Å². The Hall–Kier alpha value is -0.340. The van der Waals surface area contributed by atoms with E-state index < -0.39 is 5.24 Å². The highest BCUT2D eigenvalue weighted by Crippen LogP contribution is 2.20. The quantitative estimate of drug-likeness (QED) is 0.568. The van der Waals surface area contributed by atoms with Gasteiger partial charge in [-0.15, -0.1) is 0 Å². The molecule has 1 rings (SSSR count). The van der Waals surface area contributed by atoms with Gasteiger partial charge in [0.25, 0.3) is 5.24 Å². The van der Waals surface area contributed by atoms with Gasteiger partial charge in [-0.1, -0.05) is 6.08 Å². The Bertz CT molecular complexity index is 198. The number of rotatable bonds is 1. The third-order valence-electron chi connectivity index (χ3n) is 1.77. The topological polar surface area (TPSA) is 26.3 Å². The Morgan fingerprint density at radius 1 is 1.73 bits per heavy atom. The summed E-state index contributed by atoms with van der Waals surface area (Å²) in [7, 11) is 0. The molecule has 2 nitrogen and oxygen atoms in total. The van der Waals surface area contributed by atoms with Crippen molar-refractivity contribution in [2.45, 2.75) is 32.5 Å². The van der Waals surface area contributed by atoms with E-state index in [2.05, 4.69) is 0 Å². The minimum Gasteiger partial charge on any atom is -0.370 e. The lowest BCUT2D eigenvalue weighted by atomic mass is 10.1. The number of carbonyl (C=O) groups is 1. The van der Waals surface area contributed by atoms with Crippen LogP contribution in [0.2, 0.25) is 0 Å². The average Bonchev–Trinajstić information content (AvgIpc) is 1.85. The molecule has 0 spiro atoms. The third-order valence-corrected chi connectivity index (χ3v) is 1.99. The summed E-state index contributed by atoms with van der Waals surface area (Å²) in [5.41, 5.74) is 0.588. The number of carbonyl (C=O) groups excluding carboxylic acids is 1. The van der Waals surface area contributed by atoms with Crippen molar-refractivity contribution >= 4 is 16.8 Å². The van der Waals surface area contributed by atoms with Crippen LogP contribution in [0.1, 0.15) is 20.3 Å². The number of hydrogen-bond acceptors (Lipinski definition) is 2. The normalized spacial score (nSPS) is 31.4. The molecule has 11 heavy (non-hydrogen) atoms. The first kappa shape index (κ1) is 8.75. The highest BCUT2D eigenvalue weighted by molar-refractivity contribution is 6.67. The van der Waals surface area contributed by atoms with Gasteiger partial charge in [0.2, 0.25) is 0 Å². The van der Waals surface area contributed by atoms with Crippen molar-refractivity contribution in [3.05, 3.63) is 11.6 Å². The van der Waals surface area contributed by atoms with Crippen molar-refractivity contribution in [3.63, 3.8) is 0 Å². The molecular weight excluding hydrogens is 164 g/mol. The lowest BCUT2D eigenvalue weighted by Crippen LogP contribution is -2.25. The maximum Gasteiger partial charge on any atom is 0.250 e. The van der Waals surface area contributed by atoms with E-state index in [9.17, 15) is 4.79 Å². The van der Waals surface area contributed by atoms with Crippen LogP contribution in [-0.2, 0) is 9.53 Å². The molecule has 2 atom stereocenters. The molecule has 1 aliphatic rings. The standard InChI is InChI=1S/C8H11ClO2/c1-5-3-4-7(8(9)10)6(2)11-5/h4-6H,3H2,1-2H3/t5-,6+/m0/s1. The molecule has 0 amide bonds. The summed E-state index contributed by atoms with van der Waals surface area (Å²) in [6, 6.07) is 0. The van der Waals surface area contributed by atoms with Crippen LogP contribution >= 0.6 is 11.6 Å². The molecule has 0 saturated heterocycles. The molecule has 0 radical (unpaired) electrons. The van der Waals surface area contributed by atoms with Crippen LogP contribution in [0.15, 0.2) is 11.6 Å². The molecule has 0 aromatic carbocycles. The van der Waals surface area contributed by atoms with Crippen LogP contribution in [0.3, 0.4) is 0 Å². The van der Waals surface area contributed by atoms with Crippen molar-refractivity contribution in [3.8, 4) is 0 Å². The smallest absolute Gasteiger partial charge is 0.250 e. The van der Waals surface area contributed by atoms with E-state index in [1.54, 1.807) is 0 Å². The fourth-order valence-corrected chi connectivity index (χ4v) is 1.41. The van der Waals surface area contributed by atoms with E-state index in [0.29, 0.717) is 5.57 Å². The SMILES string of the molecule is C[C@H]1CC=C(C(=O)Cl)[C@@H](C)O1. The van der Waals surface area contributed by atoms with Crippen molar-refractivity contribution in [1.29, 1.82) is 0 Å². The molecule has 0 N–H and O–H groups in total. The molecule has 0 aliphatic carbocycles. The molecule has 0 bridgehead atoms. The van der Waals surface area contributed by atoms with Crippen LogP contribution in [0.5, 0.6) is 0 Å². The van der Waals surface area contributed by atoms with E-state index in [1.165, 1.54) is 0 Å². The van der Waals surface area contributed by atoms with Crippen molar-refractivity contribution in [2.75, 3.05) is 0 Å². The predicted molar refractivity (Wildman–Crippen MR) is 43.6 cm³/mol.